The quantitative estimate of drug-likeness (QED) is 0.923. The van der Waals surface area contributed by atoms with Gasteiger partial charge in [0.1, 0.15) is 5.82 Å². The van der Waals surface area contributed by atoms with Gasteiger partial charge in [0, 0.05) is 43.8 Å². The first-order valence-electron chi connectivity index (χ1n) is 6.43. The summed E-state index contributed by atoms with van der Waals surface area (Å²) in [5.74, 6) is -1.97. The summed E-state index contributed by atoms with van der Waals surface area (Å²) in [6.07, 6.45) is 6.37. The molecule has 0 aliphatic heterocycles. The van der Waals surface area contributed by atoms with E-state index in [2.05, 4.69) is 15.0 Å². The van der Waals surface area contributed by atoms with Crippen molar-refractivity contribution < 1.29 is 8.78 Å². The Morgan fingerprint density at radius 1 is 1.32 bits per heavy atom. The molecular formula is C14H15F2N3. The van der Waals surface area contributed by atoms with Crippen LogP contribution in [-0.2, 0) is 6.42 Å². The lowest BCUT2D eigenvalue weighted by atomic mass is 10.1. The van der Waals surface area contributed by atoms with Crippen LogP contribution in [0.1, 0.15) is 42.3 Å². The first kappa shape index (κ1) is 12.3. The van der Waals surface area contributed by atoms with Crippen molar-refractivity contribution >= 4 is 0 Å². The lowest BCUT2D eigenvalue weighted by molar-refractivity contribution is 0.00755. The summed E-state index contributed by atoms with van der Waals surface area (Å²) in [6.45, 7) is 0. The van der Waals surface area contributed by atoms with Crippen LogP contribution in [-0.4, -0.2) is 20.9 Å². The molecule has 0 unspecified atom stereocenters. The summed E-state index contributed by atoms with van der Waals surface area (Å²) in [7, 11) is 0. The minimum absolute atomic E-state index is 0.0297. The Morgan fingerprint density at radius 2 is 2.11 bits per heavy atom. The average Bonchev–Trinajstić information content (AvgIpc) is 2.97. The molecule has 100 valence electrons. The summed E-state index contributed by atoms with van der Waals surface area (Å²) in [4.78, 5) is 11.4. The second-order valence-corrected chi connectivity index (χ2v) is 5.10. The van der Waals surface area contributed by atoms with Crippen molar-refractivity contribution in [1.82, 2.24) is 15.0 Å². The van der Waals surface area contributed by atoms with E-state index in [9.17, 15) is 8.78 Å². The fraction of sp³-hybridized carbons (Fsp3) is 0.429. The minimum Gasteiger partial charge on any atom is -0.348 e. The third kappa shape index (κ3) is 2.80. The molecule has 1 saturated carbocycles. The maximum atomic E-state index is 13.2. The normalized spacial score (nSPS) is 21.7. The Balaban J connectivity index is 1.70. The lowest BCUT2D eigenvalue weighted by Gasteiger charge is -2.07. The van der Waals surface area contributed by atoms with E-state index in [1.165, 1.54) is 0 Å². The van der Waals surface area contributed by atoms with Gasteiger partial charge in [-0.25, -0.2) is 13.8 Å². The molecule has 2 aromatic rings. The Bertz CT molecular complexity index is 551. The smallest absolute Gasteiger partial charge is 0.248 e. The summed E-state index contributed by atoms with van der Waals surface area (Å²) in [5.41, 5.74) is 2.00. The van der Waals surface area contributed by atoms with E-state index in [0.29, 0.717) is 18.7 Å². The van der Waals surface area contributed by atoms with Crippen molar-refractivity contribution in [3.63, 3.8) is 0 Å². The van der Waals surface area contributed by atoms with Crippen LogP contribution in [0.2, 0.25) is 0 Å². The Labute approximate surface area is 110 Å². The molecule has 1 aliphatic rings. The van der Waals surface area contributed by atoms with Crippen LogP contribution < -0.4 is 0 Å². The monoisotopic (exact) mass is 263 g/mol. The van der Waals surface area contributed by atoms with Crippen LogP contribution >= 0.6 is 0 Å². The van der Waals surface area contributed by atoms with Gasteiger partial charge in [0.15, 0.2) is 0 Å². The minimum atomic E-state index is -2.53. The van der Waals surface area contributed by atoms with E-state index in [4.69, 9.17) is 0 Å². The molecule has 0 aromatic carbocycles. The molecule has 1 fully saturated rings. The predicted molar refractivity (Wildman–Crippen MR) is 67.2 cm³/mol. The number of hydrogen-bond acceptors (Lipinski definition) is 2. The molecule has 0 amide bonds. The molecule has 3 rings (SSSR count). The second-order valence-electron chi connectivity index (χ2n) is 5.10. The molecule has 5 heteroatoms. The number of aromatic amines is 1. The van der Waals surface area contributed by atoms with E-state index in [0.717, 1.165) is 11.3 Å². The van der Waals surface area contributed by atoms with Gasteiger partial charge in [0.2, 0.25) is 5.92 Å². The SMILES string of the molecule is FC1(F)CC[C@H](c2nc(Cc3ccncc3)c[nH]2)C1. The first-order chi connectivity index (χ1) is 9.12. The number of nitrogens with one attached hydrogen (secondary N) is 1. The zero-order chi connectivity index (χ0) is 13.3. The molecule has 0 radical (unpaired) electrons. The van der Waals surface area contributed by atoms with Crippen molar-refractivity contribution in [2.45, 2.75) is 37.5 Å². The highest BCUT2D eigenvalue weighted by Gasteiger charge is 2.41. The summed E-state index contributed by atoms with van der Waals surface area (Å²) in [6, 6.07) is 3.86. The van der Waals surface area contributed by atoms with Gasteiger partial charge in [-0.1, -0.05) is 0 Å². The molecule has 3 nitrogen and oxygen atoms in total. The number of halogens is 2. The number of hydrogen-bond donors (Lipinski definition) is 1. The zero-order valence-corrected chi connectivity index (χ0v) is 10.4. The summed E-state index contributed by atoms with van der Waals surface area (Å²) in [5, 5.41) is 0. The molecule has 1 aliphatic carbocycles. The number of aromatic nitrogens is 3. The third-order valence-electron chi connectivity index (χ3n) is 3.58. The maximum absolute atomic E-state index is 13.2. The Hall–Kier alpha value is -1.78. The fourth-order valence-corrected chi connectivity index (χ4v) is 2.57. The van der Waals surface area contributed by atoms with Crippen LogP contribution in [0.5, 0.6) is 0 Å². The molecule has 1 atom stereocenters. The number of H-pyrrole nitrogens is 1. The molecule has 19 heavy (non-hydrogen) atoms. The Morgan fingerprint density at radius 3 is 2.79 bits per heavy atom. The van der Waals surface area contributed by atoms with Gasteiger partial charge in [0.25, 0.3) is 0 Å². The van der Waals surface area contributed by atoms with Crippen LogP contribution in [0.4, 0.5) is 8.78 Å². The van der Waals surface area contributed by atoms with Crippen LogP contribution in [0.15, 0.2) is 30.7 Å². The first-order valence-corrected chi connectivity index (χ1v) is 6.43. The van der Waals surface area contributed by atoms with E-state index in [1.54, 1.807) is 12.4 Å². The van der Waals surface area contributed by atoms with Crippen LogP contribution in [0.25, 0.3) is 0 Å². The number of rotatable bonds is 3. The van der Waals surface area contributed by atoms with Crippen molar-refractivity contribution in [3.05, 3.63) is 47.8 Å². The van der Waals surface area contributed by atoms with Gasteiger partial charge < -0.3 is 4.98 Å². The van der Waals surface area contributed by atoms with Crippen molar-refractivity contribution in [1.29, 1.82) is 0 Å². The average molecular weight is 263 g/mol. The van der Waals surface area contributed by atoms with Crippen LogP contribution in [0, 0.1) is 0 Å². The van der Waals surface area contributed by atoms with Crippen LogP contribution in [0.3, 0.4) is 0 Å². The van der Waals surface area contributed by atoms with Gasteiger partial charge in [-0.3, -0.25) is 4.98 Å². The van der Waals surface area contributed by atoms with Gasteiger partial charge in [0.05, 0.1) is 5.69 Å². The highest BCUT2D eigenvalue weighted by molar-refractivity contribution is 5.19. The molecule has 2 aromatic heterocycles. The Kier molecular flexibility index (Phi) is 3.05. The van der Waals surface area contributed by atoms with Gasteiger partial charge in [-0.2, -0.15) is 0 Å². The largest absolute Gasteiger partial charge is 0.348 e. The lowest BCUT2D eigenvalue weighted by Crippen LogP contribution is -2.09. The van der Waals surface area contributed by atoms with Gasteiger partial charge in [-0.05, 0) is 24.1 Å². The van der Waals surface area contributed by atoms with Gasteiger partial charge >= 0.3 is 0 Å². The third-order valence-corrected chi connectivity index (χ3v) is 3.58. The standard InChI is InChI=1S/C14H15F2N3/c15-14(16)4-1-11(8-14)13-18-9-12(19-13)7-10-2-5-17-6-3-10/h2-3,5-6,9,11H,1,4,7-8H2,(H,18,19)/t11-/m0/s1. The number of imidazole rings is 1. The highest BCUT2D eigenvalue weighted by atomic mass is 19.3. The van der Waals surface area contributed by atoms with Crippen molar-refractivity contribution in [2.75, 3.05) is 0 Å². The summed E-state index contributed by atoms with van der Waals surface area (Å²) < 4.78 is 26.4. The molecule has 0 saturated heterocycles. The van der Waals surface area contributed by atoms with E-state index < -0.39 is 5.92 Å². The number of pyridine rings is 1. The predicted octanol–water partition coefficient (Wildman–Crippen LogP) is 3.30. The highest BCUT2D eigenvalue weighted by Crippen LogP contribution is 2.43. The molecule has 2 heterocycles. The van der Waals surface area contributed by atoms with E-state index in [1.807, 2.05) is 18.3 Å². The molecule has 1 N–H and O–H groups in total. The van der Waals surface area contributed by atoms with Crippen molar-refractivity contribution in [3.8, 4) is 0 Å². The van der Waals surface area contributed by atoms with E-state index >= 15 is 0 Å². The molecule has 0 spiro atoms. The second kappa shape index (κ2) is 4.72. The zero-order valence-electron chi connectivity index (χ0n) is 10.4. The number of alkyl halides is 2. The summed E-state index contributed by atoms with van der Waals surface area (Å²) >= 11 is 0. The maximum Gasteiger partial charge on any atom is 0.248 e. The molecule has 0 bridgehead atoms. The van der Waals surface area contributed by atoms with Gasteiger partial charge in [-0.15, -0.1) is 0 Å². The molecular weight excluding hydrogens is 248 g/mol. The van der Waals surface area contributed by atoms with E-state index in [-0.39, 0.29) is 18.8 Å². The fourth-order valence-electron chi connectivity index (χ4n) is 2.57. The van der Waals surface area contributed by atoms with Crippen molar-refractivity contribution in [2.24, 2.45) is 0 Å². The topological polar surface area (TPSA) is 41.6 Å². The number of nitrogens with zero attached hydrogens (tertiary/aromatic N) is 2.